The van der Waals surface area contributed by atoms with Crippen molar-refractivity contribution in [2.24, 2.45) is 5.41 Å². The van der Waals surface area contributed by atoms with Gasteiger partial charge in [0.25, 0.3) is 0 Å². The van der Waals surface area contributed by atoms with E-state index in [1.165, 1.54) is 0 Å². The zero-order valence-electron chi connectivity index (χ0n) is 7.51. The Hall–Kier alpha value is -0.530. The molecule has 0 aromatic rings. The van der Waals surface area contributed by atoms with Gasteiger partial charge in [0.15, 0.2) is 12.3 Å². The summed E-state index contributed by atoms with van der Waals surface area (Å²) in [6, 6.07) is 0.0548. The highest BCUT2D eigenvalue weighted by Gasteiger charge is 2.12. The number of nitrogens with zero attached hydrogens (tertiary/aromatic N) is 1. The van der Waals surface area contributed by atoms with Gasteiger partial charge in [0.2, 0.25) is 0 Å². The minimum atomic E-state index is -0.00792. The van der Waals surface area contributed by atoms with Gasteiger partial charge in [-0.05, 0) is 13.8 Å². The van der Waals surface area contributed by atoms with Crippen LogP contribution in [0.3, 0.4) is 0 Å². The topological polar surface area (TPSA) is 26.1 Å². The van der Waals surface area contributed by atoms with Crippen LogP contribution in [-0.2, 0) is 0 Å². The molecule has 2 heteroatoms. The van der Waals surface area contributed by atoms with Crippen molar-refractivity contribution < 1.29 is 4.74 Å². The van der Waals surface area contributed by atoms with E-state index < -0.39 is 0 Å². The molecule has 0 aromatic heterocycles. The predicted octanol–water partition coefficient (Wildman–Crippen LogP) is 2.02. The van der Waals surface area contributed by atoms with E-state index in [-0.39, 0.29) is 11.5 Å². The van der Waals surface area contributed by atoms with Crippen molar-refractivity contribution in [2.75, 3.05) is 0 Å². The maximum atomic E-state index is 11.0. The molecule has 0 amide bonds. The van der Waals surface area contributed by atoms with Gasteiger partial charge in [0.05, 0.1) is 0 Å². The maximum Gasteiger partial charge on any atom is 0.157 e. The lowest BCUT2D eigenvalue weighted by atomic mass is 9.99. The molecule has 0 saturated carbocycles. The van der Waals surface area contributed by atoms with Gasteiger partial charge in [-0.1, -0.05) is 20.8 Å². The van der Waals surface area contributed by atoms with Crippen LogP contribution in [0.4, 0.5) is 0 Å². The molecule has 0 unspecified atom stereocenters. The van der Waals surface area contributed by atoms with Crippen LogP contribution in [0.1, 0.15) is 34.6 Å². The standard InChI is InChI=1S/C8H17NO/c1-7(2)9(10)6-8(3,4)5/h6-7H,1-5H3/b9-6-. The molecule has 0 bridgehead atoms. The Morgan fingerprint density at radius 1 is 1.30 bits per heavy atom. The summed E-state index contributed by atoms with van der Waals surface area (Å²) in [4.78, 5) is 0. The lowest BCUT2D eigenvalue weighted by Crippen LogP contribution is -2.21. The third-order valence-electron chi connectivity index (χ3n) is 1.02. The summed E-state index contributed by atoms with van der Waals surface area (Å²) in [5.74, 6) is 0. The predicted molar refractivity (Wildman–Crippen MR) is 44.3 cm³/mol. The van der Waals surface area contributed by atoms with Gasteiger partial charge in [-0.3, -0.25) is 0 Å². The molecule has 0 aliphatic heterocycles. The van der Waals surface area contributed by atoms with E-state index in [2.05, 4.69) is 0 Å². The molecule has 0 fully saturated rings. The number of rotatable bonds is 1. The van der Waals surface area contributed by atoms with Crippen molar-refractivity contribution in [1.29, 1.82) is 0 Å². The second kappa shape index (κ2) is 3.04. The molecule has 0 heterocycles. The van der Waals surface area contributed by atoms with E-state index in [9.17, 15) is 5.21 Å². The Labute approximate surface area is 63.1 Å². The smallest absolute Gasteiger partial charge is 0.157 e. The highest BCUT2D eigenvalue weighted by atomic mass is 16.5. The van der Waals surface area contributed by atoms with Gasteiger partial charge < -0.3 is 5.21 Å². The molecule has 60 valence electrons. The molecule has 0 saturated heterocycles. The Bertz CT molecular complexity index is 131. The van der Waals surface area contributed by atoms with Crippen LogP contribution in [0.25, 0.3) is 0 Å². The molecular weight excluding hydrogens is 126 g/mol. The van der Waals surface area contributed by atoms with Crippen molar-refractivity contribution in [3.8, 4) is 0 Å². The third kappa shape index (κ3) is 4.36. The molecule has 10 heavy (non-hydrogen) atoms. The van der Waals surface area contributed by atoms with Crippen LogP contribution in [0, 0.1) is 10.6 Å². The van der Waals surface area contributed by atoms with Gasteiger partial charge in [0, 0.05) is 5.41 Å². The fraction of sp³-hybridized carbons (Fsp3) is 0.875. The summed E-state index contributed by atoms with van der Waals surface area (Å²) in [5.41, 5.74) is -0.00792. The van der Waals surface area contributed by atoms with Crippen LogP contribution < -0.4 is 0 Å². The number of hydrogen-bond donors (Lipinski definition) is 0. The Kier molecular flexibility index (Phi) is 2.88. The molecule has 0 radical (unpaired) electrons. The van der Waals surface area contributed by atoms with Crippen LogP contribution in [0.5, 0.6) is 0 Å². The molecule has 0 aliphatic carbocycles. The third-order valence-corrected chi connectivity index (χ3v) is 1.02. The number of hydrogen-bond acceptors (Lipinski definition) is 1. The van der Waals surface area contributed by atoms with E-state index in [4.69, 9.17) is 0 Å². The average molecular weight is 143 g/mol. The first-order valence-corrected chi connectivity index (χ1v) is 3.64. The molecule has 0 aliphatic rings. The SMILES string of the molecule is CC(C)/[N+]([O-])=C/C(C)(C)C. The Balaban J connectivity index is 4.17. The lowest BCUT2D eigenvalue weighted by molar-refractivity contribution is -0.490. The zero-order chi connectivity index (χ0) is 8.36. The van der Waals surface area contributed by atoms with Crippen LogP contribution in [-0.4, -0.2) is 17.0 Å². The van der Waals surface area contributed by atoms with Gasteiger partial charge in [-0.15, -0.1) is 0 Å². The largest absolute Gasteiger partial charge is 0.624 e. The summed E-state index contributed by atoms with van der Waals surface area (Å²) in [5, 5.41) is 11.0. The van der Waals surface area contributed by atoms with Crippen LogP contribution in [0.15, 0.2) is 0 Å². The van der Waals surface area contributed by atoms with Crippen molar-refractivity contribution >= 4 is 6.21 Å². The zero-order valence-corrected chi connectivity index (χ0v) is 7.51. The normalized spacial score (nSPS) is 14.4. The molecule has 0 spiro atoms. The summed E-state index contributed by atoms with van der Waals surface area (Å²) in [7, 11) is 0. The second-order valence-electron chi connectivity index (χ2n) is 3.95. The van der Waals surface area contributed by atoms with E-state index in [0.717, 1.165) is 4.74 Å². The van der Waals surface area contributed by atoms with Gasteiger partial charge in [-0.25, -0.2) is 4.74 Å². The maximum absolute atomic E-state index is 11.0. The summed E-state index contributed by atoms with van der Waals surface area (Å²) >= 11 is 0. The first-order valence-electron chi connectivity index (χ1n) is 3.64. The summed E-state index contributed by atoms with van der Waals surface area (Å²) in [6.07, 6.45) is 1.71. The van der Waals surface area contributed by atoms with Gasteiger partial charge >= 0.3 is 0 Å². The highest BCUT2D eigenvalue weighted by molar-refractivity contribution is 5.58. The minimum Gasteiger partial charge on any atom is -0.624 e. The van der Waals surface area contributed by atoms with E-state index >= 15 is 0 Å². The molecular formula is C8H17NO. The molecule has 0 N–H and O–H groups in total. The monoisotopic (exact) mass is 143 g/mol. The van der Waals surface area contributed by atoms with E-state index in [0.29, 0.717) is 0 Å². The second-order valence-corrected chi connectivity index (χ2v) is 3.95. The minimum absolute atomic E-state index is 0.00792. The Morgan fingerprint density at radius 2 is 1.70 bits per heavy atom. The average Bonchev–Trinajstić information content (AvgIpc) is 1.60. The first-order chi connectivity index (χ1) is 4.33. The van der Waals surface area contributed by atoms with E-state index in [1.807, 2.05) is 34.6 Å². The summed E-state index contributed by atoms with van der Waals surface area (Å²) in [6.45, 7) is 9.81. The fourth-order valence-electron chi connectivity index (χ4n) is 0.531. The molecule has 0 atom stereocenters. The molecule has 0 aromatic carbocycles. The van der Waals surface area contributed by atoms with Crippen LogP contribution >= 0.6 is 0 Å². The van der Waals surface area contributed by atoms with Crippen molar-refractivity contribution in [3.05, 3.63) is 5.21 Å². The summed E-state index contributed by atoms with van der Waals surface area (Å²) < 4.78 is 1.00. The lowest BCUT2D eigenvalue weighted by Gasteiger charge is -2.14. The molecule has 2 nitrogen and oxygen atoms in total. The highest BCUT2D eigenvalue weighted by Crippen LogP contribution is 2.08. The fourth-order valence-corrected chi connectivity index (χ4v) is 0.531. The van der Waals surface area contributed by atoms with Crippen molar-refractivity contribution in [2.45, 2.75) is 40.7 Å². The number of hydroxylamine groups is 1. The van der Waals surface area contributed by atoms with Crippen molar-refractivity contribution in [1.82, 2.24) is 0 Å². The first kappa shape index (κ1) is 9.47. The van der Waals surface area contributed by atoms with Crippen LogP contribution in [0.2, 0.25) is 0 Å². The molecule has 0 rings (SSSR count). The van der Waals surface area contributed by atoms with Crippen molar-refractivity contribution in [3.63, 3.8) is 0 Å². The van der Waals surface area contributed by atoms with Gasteiger partial charge in [-0.2, -0.15) is 0 Å². The quantitative estimate of drug-likeness (QED) is 0.239. The van der Waals surface area contributed by atoms with Gasteiger partial charge in [0.1, 0.15) is 0 Å². The Morgan fingerprint density at radius 3 is 1.80 bits per heavy atom. The van der Waals surface area contributed by atoms with E-state index in [1.54, 1.807) is 6.21 Å².